The van der Waals surface area contributed by atoms with Gasteiger partial charge >= 0.3 is 0 Å². The van der Waals surface area contributed by atoms with Gasteiger partial charge in [-0.05, 0) is 60.7 Å². The van der Waals surface area contributed by atoms with E-state index >= 15 is 0 Å². The van der Waals surface area contributed by atoms with E-state index in [1.807, 2.05) is 0 Å². The number of aromatic nitrogens is 1. The number of sulfonamides is 2. The van der Waals surface area contributed by atoms with Crippen molar-refractivity contribution in [3.63, 3.8) is 0 Å². The van der Waals surface area contributed by atoms with E-state index in [1.54, 1.807) is 12.1 Å². The molecule has 10 heteroatoms. The molecule has 0 aliphatic heterocycles. The molecule has 7 nitrogen and oxygen atoms in total. The molecule has 0 bridgehead atoms. The van der Waals surface area contributed by atoms with Gasteiger partial charge in [0.1, 0.15) is 0 Å². The average Bonchev–Trinajstić information content (AvgIpc) is 2.63. The lowest BCUT2D eigenvalue weighted by Crippen LogP contribution is -2.14. The summed E-state index contributed by atoms with van der Waals surface area (Å²) in [4.78, 5) is 3.87. The van der Waals surface area contributed by atoms with E-state index in [-0.39, 0.29) is 15.5 Å². The smallest absolute Gasteiger partial charge is 0.261 e. The van der Waals surface area contributed by atoms with Gasteiger partial charge in [0.2, 0.25) is 0 Å². The molecule has 3 aromatic rings. The minimum atomic E-state index is -3.81. The summed E-state index contributed by atoms with van der Waals surface area (Å²) in [6.07, 6.45) is 2.91. The van der Waals surface area contributed by atoms with Crippen LogP contribution in [0.4, 0.5) is 11.4 Å². The molecule has 27 heavy (non-hydrogen) atoms. The minimum Gasteiger partial charge on any atom is -0.280 e. The monoisotopic (exact) mass is 423 g/mol. The van der Waals surface area contributed by atoms with Crippen molar-refractivity contribution in [1.29, 1.82) is 0 Å². The van der Waals surface area contributed by atoms with Gasteiger partial charge in [-0.1, -0.05) is 11.6 Å². The molecule has 0 aliphatic rings. The van der Waals surface area contributed by atoms with Gasteiger partial charge in [-0.15, -0.1) is 0 Å². The number of rotatable bonds is 6. The number of hydrogen-bond acceptors (Lipinski definition) is 5. The van der Waals surface area contributed by atoms with Crippen molar-refractivity contribution in [2.45, 2.75) is 9.79 Å². The molecule has 1 heterocycles. The number of halogens is 1. The quantitative estimate of drug-likeness (QED) is 0.632. The van der Waals surface area contributed by atoms with E-state index in [1.165, 1.54) is 60.9 Å². The summed E-state index contributed by atoms with van der Waals surface area (Å²) < 4.78 is 54.2. The lowest BCUT2D eigenvalue weighted by molar-refractivity contribution is 0.600. The van der Waals surface area contributed by atoms with E-state index in [2.05, 4.69) is 14.4 Å². The molecular formula is C17H14ClN3O4S2. The van der Waals surface area contributed by atoms with Crippen molar-refractivity contribution in [3.8, 4) is 0 Å². The van der Waals surface area contributed by atoms with Gasteiger partial charge < -0.3 is 0 Å². The molecule has 0 fully saturated rings. The maximum atomic E-state index is 12.4. The topological polar surface area (TPSA) is 105 Å². The number of pyridine rings is 1. The molecule has 0 atom stereocenters. The highest BCUT2D eigenvalue weighted by atomic mass is 35.5. The SMILES string of the molecule is O=S(=O)(Nc1ccc(S(=O)(=O)Nc2cccnc2)cc1)c1ccc(Cl)cc1. The van der Waals surface area contributed by atoms with E-state index in [0.717, 1.165) is 0 Å². The molecule has 0 saturated heterocycles. The first-order chi connectivity index (χ1) is 12.8. The highest BCUT2D eigenvalue weighted by Crippen LogP contribution is 2.21. The maximum Gasteiger partial charge on any atom is 0.261 e. The molecule has 0 aliphatic carbocycles. The number of anilines is 2. The Morgan fingerprint density at radius 3 is 1.74 bits per heavy atom. The van der Waals surface area contributed by atoms with Gasteiger partial charge in [-0.2, -0.15) is 0 Å². The van der Waals surface area contributed by atoms with Gasteiger partial charge in [0.25, 0.3) is 20.0 Å². The molecule has 0 unspecified atom stereocenters. The zero-order valence-electron chi connectivity index (χ0n) is 13.7. The molecule has 140 valence electrons. The van der Waals surface area contributed by atoms with Crippen LogP contribution in [0.2, 0.25) is 5.02 Å². The van der Waals surface area contributed by atoms with Crippen LogP contribution in [0.15, 0.2) is 82.8 Å². The third-order valence-corrected chi connectivity index (χ3v) is 6.50. The van der Waals surface area contributed by atoms with Gasteiger partial charge in [-0.3, -0.25) is 14.4 Å². The number of nitrogens with zero attached hydrogens (tertiary/aromatic N) is 1. The molecular weight excluding hydrogens is 410 g/mol. The zero-order chi connectivity index (χ0) is 19.5. The van der Waals surface area contributed by atoms with Crippen molar-refractivity contribution in [3.05, 3.63) is 78.1 Å². The van der Waals surface area contributed by atoms with Crippen molar-refractivity contribution in [2.24, 2.45) is 0 Å². The number of hydrogen-bond donors (Lipinski definition) is 2. The Hall–Kier alpha value is -2.62. The molecule has 3 rings (SSSR count). The van der Waals surface area contributed by atoms with Crippen LogP contribution in [0.1, 0.15) is 0 Å². The molecule has 0 radical (unpaired) electrons. The Labute approximate surface area is 162 Å². The lowest BCUT2D eigenvalue weighted by atomic mass is 10.3. The molecule has 2 N–H and O–H groups in total. The third-order valence-electron chi connectivity index (χ3n) is 3.45. The predicted molar refractivity (Wildman–Crippen MR) is 104 cm³/mol. The van der Waals surface area contributed by atoms with Crippen molar-refractivity contribution < 1.29 is 16.8 Å². The number of nitrogens with one attached hydrogen (secondary N) is 2. The summed E-state index contributed by atoms with van der Waals surface area (Å²) in [5.74, 6) is 0. The van der Waals surface area contributed by atoms with Crippen LogP contribution in [-0.4, -0.2) is 21.8 Å². The maximum absolute atomic E-state index is 12.4. The standard InChI is InChI=1S/C17H14ClN3O4S2/c18-13-3-7-16(8-4-13)26(22,23)20-14-5-9-17(10-6-14)27(24,25)21-15-2-1-11-19-12-15/h1-12,20-21H. The second-order valence-electron chi connectivity index (χ2n) is 5.43. The zero-order valence-corrected chi connectivity index (χ0v) is 16.1. The van der Waals surface area contributed by atoms with E-state index in [4.69, 9.17) is 11.6 Å². The van der Waals surface area contributed by atoms with Crippen LogP contribution in [0.3, 0.4) is 0 Å². The molecule has 0 amide bonds. The summed E-state index contributed by atoms with van der Waals surface area (Å²) in [6.45, 7) is 0. The van der Waals surface area contributed by atoms with Crippen LogP contribution in [0.5, 0.6) is 0 Å². The summed E-state index contributed by atoms with van der Waals surface area (Å²) in [7, 11) is -7.62. The number of benzene rings is 2. The first-order valence-electron chi connectivity index (χ1n) is 7.58. The molecule has 2 aromatic carbocycles. The summed E-state index contributed by atoms with van der Waals surface area (Å²) in [5, 5.41) is 0.421. The predicted octanol–water partition coefficient (Wildman–Crippen LogP) is 3.34. The summed E-state index contributed by atoms with van der Waals surface area (Å²) >= 11 is 5.76. The normalized spacial score (nSPS) is 11.7. The van der Waals surface area contributed by atoms with Crippen molar-refractivity contribution in [1.82, 2.24) is 4.98 Å². The van der Waals surface area contributed by atoms with E-state index in [0.29, 0.717) is 10.7 Å². The lowest BCUT2D eigenvalue weighted by Gasteiger charge is -2.10. The largest absolute Gasteiger partial charge is 0.280 e. The third kappa shape index (κ3) is 4.76. The minimum absolute atomic E-state index is 0.0132. The van der Waals surface area contributed by atoms with Crippen molar-refractivity contribution >= 4 is 43.0 Å². The first kappa shape index (κ1) is 19.2. The van der Waals surface area contributed by atoms with Gasteiger partial charge in [-0.25, -0.2) is 16.8 Å². The first-order valence-corrected chi connectivity index (χ1v) is 10.9. The highest BCUT2D eigenvalue weighted by Gasteiger charge is 2.17. The van der Waals surface area contributed by atoms with Crippen LogP contribution in [0.25, 0.3) is 0 Å². The molecule has 0 spiro atoms. The van der Waals surface area contributed by atoms with Gasteiger partial charge in [0.05, 0.1) is 21.7 Å². The Kier molecular flexibility index (Phi) is 5.36. The fraction of sp³-hybridized carbons (Fsp3) is 0. The Bertz CT molecular complexity index is 1130. The van der Waals surface area contributed by atoms with Crippen LogP contribution >= 0.6 is 11.6 Å². The van der Waals surface area contributed by atoms with Gasteiger partial charge in [0.15, 0.2) is 0 Å². The van der Waals surface area contributed by atoms with Crippen LogP contribution < -0.4 is 9.44 Å². The van der Waals surface area contributed by atoms with Gasteiger partial charge in [0, 0.05) is 16.9 Å². The van der Waals surface area contributed by atoms with Crippen LogP contribution in [0, 0.1) is 0 Å². The van der Waals surface area contributed by atoms with E-state index < -0.39 is 20.0 Å². The van der Waals surface area contributed by atoms with Crippen LogP contribution in [-0.2, 0) is 20.0 Å². The molecule has 0 saturated carbocycles. The van der Waals surface area contributed by atoms with Crippen molar-refractivity contribution in [2.75, 3.05) is 9.44 Å². The Balaban J connectivity index is 1.78. The summed E-state index contributed by atoms with van der Waals surface area (Å²) in [5.41, 5.74) is 0.551. The average molecular weight is 424 g/mol. The molecule has 1 aromatic heterocycles. The highest BCUT2D eigenvalue weighted by molar-refractivity contribution is 7.93. The second-order valence-corrected chi connectivity index (χ2v) is 9.23. The fourth-order valence-corrected chi connectivity index (χ4v) is 4.40. The fourth-order valence-electron chi connectivity index (χ4n) is 2.17. The Morgan fingerprint density at radius 1 is 0.704 bits per heavy atom. The van der Waals surface area contributed by atoms with E-state index in [9.17, 15) is 16.8 Å². The summed E-state index contributed by atoms with van der Waals surface area (Å²) in [6, 6.07) is 14.2. The Morgan fingerprint density at radius 2 is 1.22 bits per heavy atom. The second kappa shape index (κ2) is 7.55.